The molecule has 6 heteroatoms. The zero-order valence-corrected chi connectivity index (χ0v) is 14.0. The highest BCUT2D eigenvalue weighted by Crippen LogP contribution is 2.34. The lowest BCUT2D eigenvalue weighted by Gasteiger charge is -2.23. The summed E-state index contributed by atoms with van der Waals surface area (Å²) in [5, 5.41) is 2.66. The van der Waals surface area contributed by atoms with Gasteiger partial charge in [0, 0.05) is 6.42 Å². The molecule has 0 saturated heterocycles. The minimum absolute atomic E-state index is 0.0720. The summed E-state index contributed by atoms with van der Waals surface area (Å²) in [6, 6.07) is 4.45. The summed E-state index contributed by atoms with van der Waals surface area (Å²) in [5.74, 6) is 1.13. The Bertz CT molecular complexity index is 591. The van der Waals surface area contributed by atoms with E-state index in [0.29, 0.717) is 29.9 Å². The number of amides is 1. The molecular formula is C17H23NO5. The van der Waals surface area contributed by atoms with Crippen molar-refractivity contribution in [1.82, 2.24) is 5.32 Å². The number of benzene rings is 1. The lowest BCUT2D eigenvalue weighted by atomic mass is 9.99. The van der Waals surface area contributed by atoms with Crippen LogP contribution in [0.4, 0.5) is 4.79 Å². The van der Waals surface area contributed by atoms with Crippen molar-refractivity contribution >= 4 is 11.9 Å². The molecule has 0 bridgehead atoms. The van der Waals surface area contributed by atoms with Crippen LogP contribution in [-0.4, -0.2) is 24.3 Å². The van der Waals surface area contributed by atoms with Gasteiger partial charge in [-0.2, -0.15) is 0 Å². The quantitative estimate of drug-likeness (QED) is 0.900. The van der Waals surface area contributed by atoms with Gasteiger partial charge in [-0.05, 0) is 44.9 Å². The molecule has 0 saturated carbocycles. The maximum absolute atomic E-state index is 12.4. The molecule has 0 spiro atoms. The van der Waals surface area contributed by atoms with Crippen LogP contribution < -0.4 is 14.8 Å². The van der Waals surface area contributed by atoms with Crippen molar-refractivity contribution < 1.29 is 23.8 Å². The van der Waals surface area contributed by atoms with E-state index in [1.54, 1.807) is 39.0 Å². The van der Waals surface area contributed by atoms with E-state index < -0.39 is 17.7 Å². The Morgan fingerprint density at radius 2 is 1.96 bits per heavy atom. The molecule has 2 rings (SSSR count). The van der Waals surface area contributed by atoms with Crippen molar-refractivity contribution in [2.75, 3.05) is 6.79 Å². The summed E-state index contributed by atoms with van der Waals surface area (Å²) >= 11 is 0. The molecule has 1 heterocycles. The number of hydrogen-bond donors (Lipinski definition) is 1. The minimum Gasteiger partial charge on any atom is -0.454 e. The Hall–Kier alpha value is -2.24. The zero-order chi connectivity index (χ0) is 17.0. The number of rotatable bonds is 5. The van der Waals surface area contributed by atoms with E-state index in [-0.39, 0.29) is 12.6 Å². The third kappa shape index (κ3) is 4.61. The van der Waals surface area contributed by atoms with E-state index in [4.69, 9.17) is 14.2 Å². The third-order valence-electron chi connectivity index (χ3n) is 3.21. The van der Waals surface area contributed by atoms with Gasteiger partial charge in [-0.1, -0.05) is 13.0 Å². The van der Waals surface area contributed by atoms with Gasteiger partial charge < -0.3 is 19.5 Å². The molecule has 1 aromatic carbocycles. The summed E-state index contributed by atoms with van der Waals surface area (Å²) in [4.78, 5) is 24.4. The molecule has 1 amide bonds. The van der Waals surface area contributed by atoms with E-state index in [9.17, 15) is 9.59 Å². The highest BCUT2D eigenvalue weighted by molar-refractivity contribution is 5.88. The average molecular weight is 321 g/mol. The van der Waals surface area contributed by atoms with Gasteiger partial charge in [-0.25, -0.2) is 4.79 Å². The van der Waals surface area contributed by atoms with Crippen molar-refractivity contribution in [2.45, 2.75) is 52.2 Å². The molecule has 1 aliphatic rings. The predicted molar refractivity (Wildman–Crippen MR) is 84.6 cm³/mol. The molecular weight excluding hydrogens is 298 g/mol. The third-order valence-corrected chi connectivity index (χ3v) is 3.21. The van der Waals surface area contributed by atoms with Gasteiger partial charge in [0.25, 0.3) is 0 Å². The van der Waals surface area contributed by atoms with Gasteiger partial charge in [-0.15, -0.1) is 0 Å². The van der Waals surface area contributed by atoms with Crippen LogP contribution in [-0.2, 0) is 9.53 Å². The fraction of sp³-hybridized carbons (Fsp3) is 0.529. The van der Waals surface area contributed by atoms with E-state index >= 15 is 0 Å². The minimum atomic E-state index is -0.765. The Morgan fingerprint density at radius 3 is 2.61 bits per heavy atom. The van der Waals surface area contributed by atoms with Crippen LogP contribution in [0.5, 0.6) is 11.5 Å². The van der Waals surface area contributed by atoms with Crippen LogP contribution in [0.3, 0.4) is 0 Å². The summed E-state index contributed by atoms with van der Waals surface area (Å²) in [6.45, 7) is 7.40. The first-order valence-corrected chi connectivity index (χ1v) is 7.72. The van der Waals surface area contributed by atoms with Crippen LogP contribution in [0.2, 0.25) is 0 Å². The number of fused-ring (bicyclic) bond motifs is 1. The van der Waals surface area contributed by atoms with E-state index in [1.165, 1.54) is 0 Å². The Kier molecular flexibility index (Phi) is 5.13. The van der Waals surface area contributed by atoms with Crippen LogP contribution in [0.15, 0.2) is 18.2 Å². The Labute approximate surface area is 136 Å². The van der Waals surface area contributed by atoms with Crippen LogP contribution in [0, 0.1) is 0 Å². The predicted octanol–water partition coefficient (Wildman–Crippen LogP) is 3.35. The number of nitrogens with one attached hydrogen (secondary N) is 1. The summed E-state index contributed by atoms with van der Waals surface area (Å²) in [5.41, 5.74) is 0.0238. The van der Waals surface area contributed by atoms with E-state index in [2.05, 4.69) is 5.32 Å². The second kappa shape index (κ2) is 6.89. The van der Waals surface area contributed by atoms with Gasteiger partial charge in [0.05, 0.1) is 0 Å². The first-order valence-electron chi connectivity index (χ1n) is 7.72. The van der Waals surface area contributed by atoms with Crippen molar-refractivity contribution in [3.8, 4) is 11.5 Å². The van der Waals surface area contributed by atoms with Gasteiger partial charge >= 0.3 is 6.09 Å². The smallest absolute Gasteiger partial charge is 0.408 e. The van der Waals surface area contributed by atoms with E-state index in [1.807, 2.05) is 6.92 Å². The van der Waals surface area contributed by atoms with Gasteiger partial charge in [0.15, 0.2) is 17.3 Å². The van der Waals surface area contributed by atoms with Crippen LogP contribution in [0.25, 0.3) is 0 Å². The molecule has 0 aliphatic carbocycles. The Balaban J connectivity index is 2.20. The summed E-state index contributed by atoms with van der Waals surface area (Å²) in [6.07, 6.45) is 0.453. The molecule has 6 nitrogen and oxygen atoms in total. The largest absolute Gasteiger partial charge is 0.454 e. The fourth-order valence-corrected chi connectivity index (χ4v) is 2.26. The monoisotopic (exact) mass is 321 g/mol. The average Bonchev–Trinajstić information content (AvgIpc) is 2.90. The van der Waals surface area contributed by atoms with Crippen molar-refractivity contribution in [1.29, 1.82) is 0 Å². The number of ether oxygens (including phenoxy) is 3. The lowest BCUT2D eigenvalue weighted by molar-refractivity contribution is -0.121. The molecule has 1 aromatic rings. The SMILES string of the molecule is CCCC(=O)[C@@H](NC(=O)OC(C)(C)C)c1ccc2c(c1)OCO2. The number of carbonyl (C=O) groups excluding carboxylic acids is 2. The molecule has 126 valence electrons. The van der Waals surface area contributed by atoms with Gasteiger partial charge in [0.2, 0.25) is 6.79 Å². The van der Waals surface area contributed by atoms with Crippen LogP contribution in [0.1, 0.15) is 52.1 Å². The van der Waals surface area contributed by atoms with Gasteiger partial charge in [0.1, 0.15) is 11.6 Å². The van der Waals surface area contributed by atoms with Crippen molar-refractivity contribution in [3.05, 3.63) is 23.8 Å². The first kappa shape index (κ1) is 17.1. The molecule has 0 radical (unpaired) electrons. The lowest BCUT2D eigenvalue weighted by Crippen LogP contribution is -2.38. The molecule has 1 aliphatic heterocycles. The maximum Gasteiger partial charge on any atom is 0.408 e. The van der Waals surface area contributed by atoms with Crippen molar-refractivity contribution in [2.24, 2.45) is 0 Å². The first-order chi connectivity index (χ1) is 10.8. The molecule has 0 aromatic heterocycles. The maximum atomic E-state index is 12.4. The second-order valence-corrected chi connectivity index (χ2v) is 6.41. The summed E-state index contributed by atoms with van der Waals surface area (Å²) in [7, 11) is 0. The number of Topliss-reactive ketones (excluding diaryl/α,β-unsaturated/α-hetero) is 1. The number of ketones is 1. The zero-order valence-electron chi connectivity index (χ0n) is 14.0. The van der Waals surface area contributed by atoms with Gasteiger partial charge in [-0.3, -0.25) is 4.79 Å². The highest BCUT2D eigenvalue weighted by atomic mass is 16.7. The highest BCUT2D eigenvalue weighted by Gasteiger charge is 2.27. The number of hydrogen-bond acceptors (Lipinski definition) is 5. The molecule has 1 atom stereocenters. The normalized spacial score (nSPS) is 14.3. The fourth-order valence-electron chi connectivity index (χ4n) is 2.26. The second-order valence-electron chi connectivity index (χ2n) is 6.41. The standard InChI is InChI=1S/C17H23NO5/c1-5-6-12(19)15(18-16(20)23-17(2,3)4)11-7-8-13-14(9-11)22-10-21-13/h7-9,15H,5-6,10H2,1-4H3,(H,18,20)/t15-/m0/s1. The molecule has 23 heavy (non-hydrogen) atoms. The number of alkyl carbamates (subject to hydrolysis) is 1. The molecule has 0 unspecified atom stereocenters. The van der Waals surface area contributed by atoms with Crippen molar-refractivity contribution in [3.63, 3.8) is 0 Å². The van der Waals surface area contributed by atoms with E-state index in [0.717, 1.165) is 0 Å². The topological polar surface area (TPSA) is 73.9 Å². The number of carbonyl (C=O) groups is 2. The summed E-state index contributed by atoms with van der Waals surface area (Å²) < 4.78 is 15.9. The molecule has 0 fully saturated rings. The Morgan fingerprint density at radius 1 is 1.26 bits per heavy atom. The van der Waals surface area contributed by atoms with Crippen LogP contribution >= 0.6 is 0 Å². The molecule has 1 N–H and O–H groups in total.